The van der Waals surface area contributed by atoms with Crippen molar-refractivity contribution >= 4 is 17.6 Å². The third-order valence-electron chi connectivity index (χ3n) is 4.31. The Hall–Kier alpha value is -3.66. The molecule has 3 aromatic heterocycles. The third kappa shape index (κ3) is 5.28. The number of pyridine rings is 3. The highest BCUT2D eigenvalue weighted by atomic mass is 32.2. The quantitative estimate of drug-likeness (QED) is 0.420. The molecule has 0 aliphatic heterocycles. The molecule has 3 heterocycles. The number of hydrogen-bond acceptors (Lipinski definition) is 9. The minimum absolute atomic E-state index is 0.0586. The number of anilines is 1. The molecule has 0 saturated heterocycles. The first-order valence-electron chi connectivity index (χ1n) is 9.33. The summed E-state index contributed by atoms with van der Waals surface area (Å²) in [5.41, 5.74) is 9.17. The Bertz CT molecular complexity index is 1140. The van der Waals surface area contributed by atoms with Crippen LogP contribution in [-0.2, 0) is 10.5 Å². The van der Waals surface area contributed by atoms with Gasteiger partial charge in [-0.3, -0.25) is 9.97 Å². The fourth-order valence-corrected chi connectivity index (χ4v) is 3.68. The Kier molecular flexibility index (Phi) is 7.39. The second kappa shape index (κ2) is 10.4. The maximum atomic E-state index is 9.87. The number of hydrogen-bond donors (Lipinski definition) is 1. The first kappa shape index (κ1) is 22.0. The molecule has 0 radical (unpaired) electrons. The van der Waals surface area contributed by atoms with Gasteiger partial charge in [-0.05, 0) is 30.7 Å². The number of rotatable bonds is 8. The van der Waals surface area contributed by atoms with E-state index >= 15 is 0 Å². The van der Waals surface area contributed by atoms with Crippen molar-refractivity contribution in [3.63, 3.8) is 0 Å². The van der Waals surface area contributed by atoms with E-state index in [2.05, 4.69) is 27.1 Å². The van der Waals surface area contributed by atoms with Gasteiger partial charge in [-0.15, -0.1) is 11.8 Å². The van der Waals surface area contributed by atoms with Crippen molar-refractivity contribution in [2.24, 2.45) is 0 Å². The second-order valence-electron chi connectivity index (χ2n) is 6.47. The lowest BCUT2D eigenvalue weighted by molar-refractivity contribution is 0.146. The normalized spacial score (nSPS) is 10.3. The highest BCUT2D eigenvalue weighted by molar-refractivity contribution is 7.98. The predicted molar refractivity (Wildman–Crippen MR) is 117 cm³/mol. The molecule has 0 aliphatic carbocycles. The molecule has 3 aromatic rings. The van der Waals surface area contributed by atoms with Gasteiger partial charge >= 0.3 is 0 Å². The van der Waals surface area contributed by atoms with Gasteiger partial charge in [0.1, 0.15) is 40.9 Å². The smallest absolute Gasteiger partial charge is 0.143 e. The van der Waals surface area contributed by atoms with Crippen LogP contribution in [0.1, 0.15) is 22.4 Å². The average Bonchev–Trinajstić information content (AvgIpc) is 2.79. The van der Waals surface area contributed by atoms with E-state index in [9.17, 15) is 10.5 Å². The lowest BCUT2D eigenvalue weighted by Gasteiger charge is -2.13. The number of nitriles is 2. The maximum Gasteiger partial charge on any atom is 0.143 e. The number of aromatic nitrogens is 3. The fourth-order valence-electron chi connectivity index (χ4n) is 2.75. The van der Waals surface area contributed by atoms with E-state index in [1.807, 2.05) is 19.1 Å². The fraction of sp³-hybridized carbons (Fsp3) is 0.227. The summed E-state index contributed by atoms with van der Waals surface area (Å²) in [7, 11) is 1.59. The van der Waals surface area contributed by atoms with Crippen LogP contribution in [0.4, 0.5) is 5.82 Å². The largest absolute Gasteiger partial charge is 0.490 e. The van der Waals surface area contributed by atoms with Crippen molar-refractivity contribution in [3.8, 4) is 29.1 Å². The van der Waals surface area contributed by atoms with Crippen LogP contribution in [0, 0.1) is 29.6 Å². The van der Waals surface area contributed by atoms with Crippen LogP contribution in [0.3, 0.4) is 0 Å². The lowest BCUT2D eigenvalue weighted by atomic mass is 10.0. The molecule has 0 atom stereocenters. The van der Waals surface area contributed by atoms with Crippen LogP contribution in [0.5, 0.6) is 5.75 Å². The number of ether oxygens (including phenoxy) is 2. The number of aryl methyl sites for hydroxylation is 1. The molecule has 2 N–H and O–H groups in total. The maximum absolute atomic E-state index is 9.87. The van der Waals surface area contributed by atoms with E-state index < -0.39 is 0 Å². The first-order valence-corrected chi connectivity index (χ1v) is 10.3. The van der Waals surface area contributed by atoms with Crippen LogP contribution in [-0.4, -0.2) is 35.3 Å². The van der Waals surface area contributed by atoms with E-state index in [1.54, 1.807) is 25.4 Å². The molecule has 0 bridgehead atoms. The van der Waals surface area contributed by atoms with E-state index in [1.165, 1.54) is 18.0 Å². The molecule has 9 heteroatoms. The van der Waals surface area contributed by atoms with Gasteiger partial charge in [0.15, 0.2) is 0 Å². The van der Waals surface area contributed by atoms with Gasteiger partial charge < -0.3 is 15.2 Å². The summed E-state index contributed by atoms with van der Waals surface area (Å²) < 4.78 is 10.5. The molecule has 0 saturated carbocycles. The molecule has 8 nitrogen and oxygen atoms in total. The van der Waals surface area contributed by atoms with Crippen molar-refractivity contribution in [3.05, 3.63) is 59.0 Å². The molecule has 0 amide bonds. The standard InChI is InChI=1S/C22H20N6O2S/c1-14-3-4-15(11-26-14)13-31-22-18(10-24)20(17(9-23)21(25)28-22)19-6-5-16(12-27-19)30-8-7-29-2/h3-6,11-12H,7-8,13H2,1-2H3,(H2,25,28). The van der Waals surface area contributed by atoms with Crippen molar-refractivity contribution in [1.29, 1.82) is 10.5 Å². The number of nitrogens with zero attached hydrogens (tertiary/aromatic N) is 5. The topological polar surface area (TPSA) is 131 Å². The predicted octanol–water partition coefficient (Wildman–Crippen LogP) is 3.49. The molecule has 31 heavy (non-hydrogen) atoms. The summed E-state index contributed by atoms with van der Waals surface area (Å²) in [6.07, 6.45) is 3.32. The average molecular weight is 433 g/mol. The van der Waals surface area contributed by atoms with Crippen molar-refractivity contribution < 1.29 is 9.47 Å². The van der Waals surface area contributed by atoms with E-state index in [0.717, 1.165) is 11.3 Å². The van der Waals surface area contributed by atoms with E-state index in [0.29, 0.717) is 41.0 Å². The van der Waals surface area contributed by atoms with Gasteiger partial charge in [0, 0.05) is 30.3 Å². The summed E-state index contributed by atoms with van der Waals surface area (Å²) in [5, 5.41) is 20.0. The minimum Gasteiger partial charge on any atom is -0.490 e. The zero-order valence-electron chi connectivity index (χ0n) is 17.1. The van der Waals surface area contributed by atoms with Crippen molar-refractivity contribution in [2.45, 2.75) is 17.7 Å². The van der Waals surface area contributed by atoms with Crippen LogP contribution in [0.15, 0.2) is 41.7 Å². The molecular formula is C22H20N6O2S. The molecule has 0 aromatic carbocycles. The van der Waals surface area contributed by atoms with Gasteiger partial charge in [0.2, 0.25) is 0 Å². The molecular weight excluding hydrogens is 412 g/mol. The first-order chi connectivity index (χ1) is 15.1. The summed E-state index contributed by atoms with van der Waals surface area (Å²) in [5.74, 6) is 1.17. The molecule has 3 rings (SSSR count). The summed E-state index contributed by atoms with van der Waals surface area (Å²) in [6.45, 7) is 2.76. The highest BCUT2D eigenvalue weighted by Crippen LogP contribution is 2.36. The Labute approximate surface area is 184 Å². The van der Waals surface area contributed by atoms with Gasteiger partial charge in [-0.1, -0.05) is 6.07 Å². The summed E-state index contributed by atoms with van der Waals surface area (Å²) >= 11 is 1.36. The summed E-state index contributed by atoms with van der Waals surface area (Å²) in [6, 6.07) is 11.5. The Morgan fingerprint density at radius 2 is 1.84 bits per heavy atom. The van der Waals surface area contributed by atoms with E-state index in [4.69, 9.17) is 15.2 Å². The zero-order chi connectivity index (χ0) is 22.2. The van der Waals surface area contributed by atoms with Crippen LogP contribution in [0.25, 0.3) is 11.3 Å². The zero-order valence-corrected chi connectivity index (χ0v) is 17.9. The van der Waals surface area contributed by atoms with Gasteiger partial charge in [-0.2, -0.15) is 10.5 Å². The number of nitrogens with two attached hydrogens (primary N) is 1. The van der Waals surface area contributed by atoms with Crippen LogP contribution >= 0.6 is 11.8 Å². The monoisotopic (exact) mass is 432 g/mol. The van der Waals surface area contributed by atoms with Crippen LogP contribution < -0.4 is 10.5 Å². The molecule has 156 valence electrons. The molecule has 0 spiro atoms. The third-order valence-corrected chi connectivity index (χ3v) is 5.36. The SMILES string of the molecule is COCCOc1ccc(-c2c(C#N)c(N)nc(SCc3ccc(C)nc3)c2C#N)nc1. The second-order valence-corrected chi connectivity index (χ2v) is 7.43. The molecule has 0 aliphatic rings. The lowest BCUT2D eigenvalue weighted by Crippen LogP contribution is -2.05. The number of thioether (sulfide) groups is 1. The Morgan fingerprint density at radius 3 is 2.45 bits per heavy atom. The van der Waals surface area contributed by atoms with Gasteiger partial charge in [-0.25, -0.2) is 4.98 Å². The van der Waals surface area contributed by atoms with Gasteiger partial charge in [0.25, 0.3) is 0 Å². The number of nitrogen functional groups attached to an aromatic ring is 1. The van der Waals surface area contributed by atoms with Gasteiger partial charge in [0.05, 0.1) is 24.1 Å². The highest BCUT2D eigenvalue weighted by Gasteiger charge is 2.21. The molecule has 0 fully saturated rings. The molecule has 0 unspecified atom stereocenters. The summed E-state index contributed by atoms with van der Waals surface area (Å²) in [4.78, 5) is 13.0. The van der Waals surface area contributed by atoms with Crippen molar-refractivity contribution in [1.82, 2.24) is 15.0 Å². The Morgan fingerprint density at radius 1 is 1.03 bits per heavy atom. The van der Waals surface area contributed by atoms with Crippen molar-refractivity contribution in [2.75, 3.05) is 26.1 Å². The van der Waals surface area contributed by atoms with E-state index in [-0.39, 0.29) is 16.9 Å². The minimum atomic E-state index is 0.0586. The van der Waals surface area contributed by atoms with Crippen LogP contribution in [0.2, 0.25) is 0 Å². The number of methoxy groups -OCH3 is 1. The Balaban J connectivity index is 1.96.